The quantitative estimate of drug-likeness (QED) is 0.874. The van der Waals surface area contributed by atoms with Gasteiger partial charge in [-0.2, -0.15) is 0 Å². The Bertz CT molecular complexity index is 557. The second kappa shape index (κ2) is 7.10. The summed E-state index contributed by atoms with van der Waals surface area (Å²) in [6.45, 7) is 2.17. The zero-order valence-corrected chi connectivity index (χ0v) is 13.6. The third-order valence-electron chi connectivity index (χ3n) is 3.86. The number of ether oxygens (including phenoxy) is 1. The lowest BCUT2D eigenvalue weighted by atomic mass is 10.1. The number of hydrogen-bond acceptors (Lipinski definition) is 2. The SMILES string of the molecule is Brc1ccc(-c2ccc(OC3CCCNCC3)cc2)cc1. The summed E-state index contributed by atoms with van der Waals surface area (Å²) in [6.07, 6.45) is 3.77. The van der Waals surface area contributed by atoms with Crippen molar-refractivity contribution in [3.8, 4) is 16.9 Å². The van der Waals surface area contributed by atoms with Gasteiger partial charge in [0.15, 0.2) is 0 Å². The molecule has 0 aromatic heterocycles. The van der Waals surface area contributed by atoms with E-state index in [9.17, 15) is 0 Å². The average molecular weight is 346 g/mol. The van der Waals surface area contributed by atoms with Crippen molar-refractivity contribution in [3.05, 3.63) is 53.0 Å². The first kappa shape index (κ1) is 14.6. The third-order valence-corrected chi connectivity index (χ3v) is 4.39. The highest BCUT2D eigenvalue weighted by Crippen LogP contribution is 2.25. The number of nitrogens with one attached hydrogen (secondary N) is 1. The van der Waals surface area contributed by atoms with Crippen LogP contribution in [0.15, 0.2) is 53.0 Å². The fourth-order valence-corrected chi connectivity index (χ4v) is 2.93. The molecule has 2 nitrogen and oxygen atoms in total. The first-order valence-corrected chi connectivity index (χ1v) is 8.34. The van der Waals surface area contributed by atoms with Crippen LogP contribution < -0.4 is 10.1 Å². The standard InChI is InChI=1S/C18H20BrNO/c19-16-7-3-14(4-8-16)15-5-9-18(10-6-15)21-17-2-1-12-20-13-11-17/h3-10,17,20H,1-2,11-13H2. The van der Waals surface area contributed by atoms with Crippen molar-refractivity contribution < 1.29 is 4.74 Å². The van der Waals surface area contributed by atoms with Crippen molar-refractivity contribution >= 4 is 15.9 Å². The van der Waals surface area contributed by atoms with E-state index in [1.807, 2.05) is 0 Å². The first-order valence-electron chi connectivity index (χ1n) is 7.55. The van der Waals surface area contributed by atoms with Gasteiger partial charge in [0, 0.05) is 4.47 Å². The van der Waals surface area contributed by atoms with Crippen molar-refractivity contribution in [1.29, 1.82) is 0 Å². The van der Waals surface area contributed by atoms with Gasteiger partial charge >= 0.3 is 0 Å². The summed E-state index contributed by atoms with van der Waals surface area (Å²) < 4.78 is 7.20. The summed E-state index contributed by atoms with van der Waals surface area (Å²) >= 11 is 3.47. The van der Waals surface area contributed by atoms with E-state index in [4.69, 9.17) is 4.74 Å². The van der Waals surface area contributed by atoms with E-state index >= 15 is 0 Å². The first-order chi connectivity index (χ1) is 10.3. The maximum Gasteiger partial charge on any atom is 0.119 e. The minimum atomic E-state index is 0.346. The predicted octanol–water partition coefficient (Wildman–Crippen LogP) is 4.64. The summed E-state index contributed by atoms with van der Waals surface area (Å²) in [5.41, 5.74) is 2.45. The summed E-state index contributed by atoms with van der Waals surface area (Å²) in [5.74, 6) is 0.975. The fourth-order valence-electron chi connectivity index (χ4n) is 2.67. The zero-order valence-electron chi connectivity index (χ0n) is 12.0. The van der Waals surface area contributed by atoms with Crippen molar-refractivity contribution in [3.63, 3.8) is 0 Å². The Balaban J connectivity index is 1.67. The topological polar surface area (TPSA) is 21.3 Å². The molecule has 1 N–H and O–H groups in total. The molecule has 110 valence electrons. The monoisotopic (exact) mass is 345 g/mol. The molecule has 0 amide bonds. The van der Waals surface area contributed by atoms with Crippen molar-refractivity contribution in [2.45, 2.75) is 25.4 Å². The van der Waals surface area contributed by atoms with E-state index in [0.29, 0.717) is 6.10 Å². The van der Waals surface area contributed by atoms with Gasteiger partial charge in [0.1, 0.15) is 5.75 Å². The van der Waals surface area contributed by atoms with Gasteiger partial charge in [-0.1, -0.05) is 40.2 Å². The van der Waals surface area contributed by atoms with Crippen LogP contribution in [0.4, 0.5) is 0 Å². The Kier molecular flexibility index (Phi) is 4.94. The molecule has 1 heterocycles. The molecule has 2 aromatic carbocycles. The molecule has 3 heteroatoms. The second-order valence-corrected chi connectivity index (χ2v) is 6.37. The summed E-state index contributed by atoms with van der Waals surface area (Å²) in [5, 5.41) is 3.41. The normalized spacial score (nSPS) is 19.0. The maximum atomic E-state index is 6.10. The van der Waals surface area contributed by atoms with Crippen LogP contribution in [0.2, 0.25) is 0 Å². The van der Waals surface area contributed by atoms with Crippen LogP contribution in [0.3, 0.4) is 0 Å². The summed E-state index contributed by atoms with van der Waals surface area (Å²) in [7, 11) is 0. The van der Waals surface area contributed by atoms with Crippen LogP contribution in [0.25, 0.3) is 11.1 Å². The summed E-state index contributed by atoms with van der Waals surface area (Å²) in [4.78, 5) is 0. The molecule has 3 rings (SSSR count). The van der Waals surface area contributed by atoms with Gasteiger partial charge in [-0.25, -0.2) is 0 Å². The van der Waals surface area contributed by atoms with Crippen LogP contribution in [0.1, 0.15) is 19.3 Å². The van der Waals surface area contributed by atoms with Crippen LogP contribution >= 0.6 is 15.9 Å². The van der Waals surface area contributed by atoms with Gasteiger partial charge in [0.25, 0.3) is 0 Å². The smallest absolute Gasteiger partial charge is 0.119 e. The molecular weight excluding hydrogens is 326 g/mol. The van der Waals surface area contributed by atoms with Gasteiger partial charge < -0.3 is 10.1 Å². The van der Waals surface area contributed by atoms with Gasteiger partial charge in [0.2, 0.25) is 0 Å². The molecule has 2 aromatic rings. The van der Waals surface area contributed by atoms with Crippen LogP contribution in [-0.4, -0.2) is 19.2 Å². The minimum Gasteiger partial charge on any atom is -0.490 e. The third kappa shape index (κ3) is 4.08. The molecule has 1 atom stereocenters. The molecule has 0 aliphatic carbocycles. The highest BCUT2D eigenvalue weighted by Gasteiger charge is 2.13. The van der Waals surface area contributed by atoms with Crippen molar-refractivity contribution in [1.82, 2.24) is 5.32 Å². The predicted molar refractivity (Wildman–Crippen MR) is 90.7 cm³/mol. The molecule has 0 saturated carbocycles. The lowest BCUT2D eigenvalue weighted by Gasteiger charge is -2.17. The highest BCUT2D eigenvalue weighted by atomic mass is 79.9. The van der Waals surface area contributed by atoms with Crippen molar-refractivity contribution in [2.75, 3.05) is 13.1 Å². The lowest BCUT2D eigenvalue weighted by molar-refractivity contribution is 0.187. The molecule has 0 bridgehead atoms. The highest BCUT2D eigenvalue weighted by molar-refractivity contribution is 9.10. The van der Waals surface area contributed by atoms with E-state index in [0.717, 1.165) is 36.2 Å². The lowest BCUT2D eigenvalue weighted by Crippen LogP contribution is -2.19. The number of benzene rings is 2. The molecular formula is C18H20BrNO. The second-order valence-electron chi connectivity index (χ2n) is 5.45. The van der Waals surface area contributed by atoms with Crippen molar-refractivity contribution in [2.24, 2.45) is 0 Å². The van der Waals surface area contributed by atoms with Gasteiger partial charge in [-0.3, -0.25) is 0 Å². The van der Waals surface area contributed by atoms with Gasteiger partial charge in [-0.15, -0.1) is 0 Å². The van der Waals surface area contributed by atoms with E-state index < -0.39 is 0 Å². The molecule has 1 unspecified atom stereocenters. The molecule has 1 aliphatic rings. The zero-order chi connectivity index (χ0) is 14.5. The Morgan fingerprint density at radius 2 is 1.52 bits per heavy atom. The fraction of sp³-hybridized carbons (Fsp3) is 0.333. The van der Waals surface area contributed by atoms with Gasteiger partial charge in [0.05, 0.1) is 6.10 Å². The molecule has 0 radical (unpaired) electrons. The van der Waals surface area contributed by atoms with Crippen LogP contribution in [0.5, 0.6) is 5.75 Å². The Morgan fingerprint density at radius 3 is 2.24 bits per heavy atom. The average Bonchev–Trinajstić information content (AvgIpc) is 2.78. The van der Waals surface area contributed by atoms with Crippen LogP contribution in [0, 0.1) is 0 Å². The summed E-state index contributed by atoms with van der Waals surface area (Å²) in [6, 6.07) is 16.8. The molecule has 1 fully saturated rings. The largest absolute Gasteiger partial charge is 0.490 e. The number of rotatable bonds is 3. The molecule has 1 saturated heterocycles. The number of halogens is 1. The Hall–Kier alpha value is -1.32. The van der Waals surface area contributed by atoms with Crippen LogP contribution in [-0.2, 0) is 0 Å². The Morgan fingerprint density at radius 1 is 0.857 bits per heavy atom. The van der Waals surface area contributed by atoms with E-state index in [1.165, 1.54) is 17.5 Å². The molecule has 21 heavy (non-hydrogen) atoms. The maximum absolute atomic E-state index is 6.10. The van der Waals surface area contributed by atoms with E-state index in [2.05, 4.69) is 69.8 Å². The number of hydrogen-bond donors (Lipinski definition) is 1. The Labute approximate surface area is 134 Å². The van der Waals surface area contributed by atoms with E-state index in [-0.39, 0.29) is 0 Å². The van der Waals surface area contributed by atoms with E-state index in [1.54, 1.807) is 0 Å². The molecule has 0 spiro atoms. The minimum absolute atomic E-state index is 0.346. The molecule has 1 aliphatic heterocycles. The van der Waals surface area contributed by atoms with Gasteiger partial charge in [-0.05, 0) is 67.7 Å².